The first-order chi connectivity index (χ1) is 19.9. The lowest BCUT2D eigenvalue weighted by Crippen LogP contribution is -2.26. The van der Waals surface area contributed by atoms with E-state index in [1.54, 1.807) is 23.9 Å². The summed E-state index contributed by atoms with van der Waals surface area (Å²) in [7, 11) is -3.70. The fourth-order valence-electron chi connectivity index (χ4n) is 4.40. The van der Waals surface area contributed by atoms with E-state index in [1.807, 2.05) is 74.5 Å². The van der Waals surface area contributed by atoms with E-state index in [0.717, 1.165) is 27.7 Å². The summed E-state index contributed by atoms with van der Waals surface area (Å²) in [5.41, 5.74) is 3.18. The van der Waals surface area contributed by atoms with Gasteiger partial charge in [0.2, 0.25) is 10.0 Å². The van der Waals surface area contributed by atoms with E-state index >= 15 is 0 Å². The largest absolute Gasteiger partial charge is 0.481 e. The number of hydrogen-bond acceptors (Lipinski definition) is 5. The van der Waals surface area contributed by atoms with Crippen LogP contribution in [0.5, 0.6) is 0 Å². The van der Waals surface area contributed by atoms with Crippen LogP contribution in [0.25, 0.3) is 23.1 Å². The van der Waals surface area contributed by atoms with Crippen LogP contribution in [0.3, 0.4) is 0 Å². The van der Waals surface area contributed by atoms with Gasteiger partial charge in [-0.05, 0) is 77.3 Å². The molecule has 1 aromatic heterocycles. The summed E-state index contributed by atoms with van der Waals surface area (Å²) in [5, 5.41) is 11.4. The third kappa shape index (κ3) is 9.31. The van der Waals surface area contributed by atoms with Crippen molar-refractivity contribution in [1.82, 2.24) is 9.71 Å². The van der Waals surface area contributed by atoms with E-state index in [2.05, 4.69) is 15.8 Å². The zero-order valence-corrected chi connectivity index (χ0v) is 26.4. The third-order valence-corrected chi connectivity index (χ3v) is 10.4. The van der Waals surface area contributed by atoms with Crippen LogP contribution in [-0.2, 0) is 14.8 Å². The molecular weight excluding hydrogens is 611 g/mol. The van der Waals surface area contributed by atoms with E-state index in [-0.39, 0.29) is 23.1 Å². The van der Waals surface area contributed by atoms with E-state index in [0.29, 0.717) is 22.2 Å². The van der Waals surface area contributed by atoms with Crippen LogP contribution in [0.2, 0.25) is 10.0 Å². The Morgan fingerprint density at radius 2 is 1.71 bits per heavy atom. The number of sulfonamides is 1. The molecule has 6 nitrogen and oxygen atoms in total. The van der Waals surface area contributed by atoms with Crippen molar-refractivity contribution in [3.8, 4) is 0 Å². The highest BCUT2D eigenvalue weighted by atomic mass is 35.5. The maximum Gasteiger partial charge on any atom is 0.303 e. The molecule has 0 aliphatic carbocycles. The average Bonchev–Trinajstić information content (AvgIpc) is 2.93. The second-order valence-electron chi connectivity index (χ2n) is 10.8. The molecule has 3 aromatic carbocycles. The number of nitrogens with zero attached hydrogens (tertiary/aromatic N) is 1. The Morgan fingerprint density at radius 3 is 2.45 bits per heavy atom. The Balaban J connectivity index is 1.52. The third-order valence-electron chi connectivity index (χ3n) is 6.53. The van der Waals surface area contributed by atoms with Crippen LogP contribution >= 0.6 is 35.0 Å². The fourth-order valence-corrected chi connectivity index (χ4v) is 7.12. The number of carbonyl (C=O) groups is 1. The summed E-state index contributed by atoms with van der Waals surface area (Å²) in [6.07, 6.45) is 4.49. The normalized spacial score (nSPS) is 13.0. The van der Waals surface area contributed by atoms with Gasteiger partial charge in [-0.3, -0.25) is 4.79 Å². The number of halogens is 2. The molecule has 10 heteroatoms. The zero-order valence-electron chi connectivity index (χ0n) is 23.3. The van der Waals surface area contributed by atoms with Gasteiger partial charge in [0.1, 0.15) is 0 Å². The molecule has 220 valence electrons. The van der Waals surface area contributed by atoms with Crippen LogP contribution in [0.15, 0.2) is 83.8 Å². The molecule has 4 aromatic rings. The molecule has 0 amide bonds. The Hall–Kier alpha value is -2.88. The van der Waals surface area contributed by atoms with Crippen molar-refractivity contribution >= 4 is 74.0 Å². The van der Waals surface area contributed by atoms with E-state index in [9.17, 15) is 18.3 Å². The standard InChI is InChI=1S/C32H32Cl2N2O4S2/c1-32(2,20-31(37)38)21-41-30(16-17-35-42(39,40)28-14-10-25(33)11-15-28)24-5-3-4-22(18-24)6-12-27-13-8-23-7-9-26(34)19-29(23)36-27/h3-15,18-19,30,35H,16-17,20-21H2,1-2H3,(H,37,38)/b12-6+. The van der Waals surface area contributed by atoms with Crippen LogP contribution in [0.4, 0.5) is 0 Å². The van der Waals surface area contributed by atoms with Crippen molar-refractivity contribution in [3.05, 3.63) is 106 Å². The van der Waals surface area contributed by atoms with Gasteiger partial charge < -0.3 is 5.11 Å². The minimum absolute atomic E-state index is 0.0443. The van der Waals surface area contributed by atoms with Crippen molar-refractivity contribution in [1.29, 1.82) is 0 Å². The number of benzene rings is 3. The Labute approximate surface area is 261 Å². The van der Waals surface area contributed by atoms with Gasteiger partial charge >= 0.3 is 5.97 Å². The van der Waals surface area contributed by atoms with Crippen molar-refractivity contribution in [3.63, 3.8) is 0 Å². The lowest BCUT2D eigenvalue weighted by Gasteiger charge is -2.26. The fraction of sp³-hybridized carbons (Fsp3) is 0.250. The molecule has 0 aliphatic rings. The number of carboxylic acid groups (broad SMARTS) is 1. The topological polar surface area (TPSA) is 96.4 Å². The molecule has 0 saturated heterocycles. The number of thioether (sulfide) groups is 1. The molecule has 0 radical (unpaired) electrons. The number of hydrogen-bond donors (Lipinski definition) is 2. The molecular formula is C32H32Cl2N2O4S2. The van der Waals surface area contributed by atoms with Crippen molar-refractivity contribution in [2.75, 3.05) is 12.3 Å². The molecule has 1 atom stereocenters. The van der Waals surface area contributed by atoms with Gasteiger partial charge in [0, 0.05) is 27.2 Å². The second-order valence-corrected chi connectivity index (χ2v) is 14.6. The van der Waals surface area contributed by atoms with Crippen molar-refractivity contribution in [2.24, 2.45) is 5.41 Å². The summed E-state index contributed by atoms with van der Waals surface area (Å²) in [6, 6.07) is 23.7. The van der Waals surface area contributed by atoms with Gasteiger partial charge in [-0.1, -0.05) is 79.5 Å². The zero-order chi connectivity index (χ0) is 30.3. The molecule has 0 bridgehead atoms. The lowest BCUT2D eigenvalue weighted by atomic mass is 9.92. The summed E-state index contributed by atoms with van der Waals surface area (Å²) in [5.74, 6) is -0.248. The molecule has 2 N–H and O–H groups in total. The summed E-state index contributed by atoms with van der Waals surface area (Å²) in [4.78, 5) is 16.2. The molecule has 42 heavy (non-hydrogen) atoms. The number of fused-ring (bicyclic) bond motifs is 1. The first kappa shape index (κ1) is 32.0. The Bertz CT molecular complexity index is 1690. The van der Waals surface area contributed by atoms with E-state index in [1.165, 1.54) is 12.1 Å². The summed E-state index contributed by atoms with van der Waals surface area (Å²) in [6.45, 7) is 4.07. The highest BCUT2D eigenvalue weighted by Crippen LogP contribution is 2.38. The molecule has 1 unspecified atom stereocenters. The molecule has 0 aliphatic heterocycles. The van der Waals surface area contributed by atoms with Crippen LogP contribution < -0.4 is 4.72 Å². The van der Waals surface area contributed by atoms with Crippen LogP contribution in [0, 0.1) is 5.41 Å². The summed E-state index contributed by atoms with van der Waals surface area (Å²) < 4.78 is 28.3. The summed E-state index contributed by atoms with van der Waals surface area (Å²) >= 11 is 13.7. The van der Waals surface area contributed by atoms with Crippen molar-refractivity contribution < 1.29 is 18.3 Å². The van der Waals surface area contributed by atoms with Gasteiger partial charge in [0.25, 0.3) is 0 Å². The minimum Gasteiger partial charge on any atom is -0.481 e. The Kier molecular flexibility index (Phi) is 10.7. The quantitative estimate of drug-likeness (QED) is 0.152. The van der Waals surface area contributed by atoms with E-state index in [4.69, 9.17) is 23.2 Å². The number of rotatable bonds is 13. The van der Waals surface area contributed by atoms with Gasteiger partial charge in [0.15, 0.2) is 0 Å². The highest BCUT2D eigenvalue weighted by Gasteiger charge is 2.25. The highest BCUT2D eigenvalue weighted by molar-refractivity contribution is 7.99. The van der Waals surface area contributed by atoms with Gasteiger partial charge in [-0.15, -0.1) is 0 Å². The van der Waals surface area contributed by atoms with Gasteiger partial charge in [0.05, 0.1) is 22.5 Å². The smallest absolute Gasteiger partial charge is 0.303 e. The van der Waals surface area contributed by atoms with Crippen molar-refractivity contribution in [2.45, 2.75) is 36.8 Å². The maximum absolute atomic E-state index is 12.8. The average molecular weight is 644 g/mol. The first-order valence-corrected chi connectivity index (χ1v) is 16.6. The molecule has 1 heterocycles. The first-order valence-electron chi connectivity index (χ1n) is 13.3. The molecule has 4 rings (SSSR count). The number of nitrogens with one attached hydrogen (secondary N) is 1. The molecule has 0 saturated carbocycles. The number of aliphatic carboxylic acids is 1. The predicted octanol–water partition coefficient (Wildman–Crippen LogP) is 8.36. The Morgan fingerprint density at radius 1 is 1.00 bits per heavy atom. The minimum atomic E-state index is -3.70. The second kappa shape index (κ2) is 14.1. The van der Waals surface area contributed by atoms with Gasteiger partial charge in [-0.2, -0.15) is 11.8 Å². The van der Waals surface area contributed by atoms with E-state index < -0.39 is 21.4 Å². The lowest BCUT2D eigenvalue weighted by molar-refractivity contribution is -0.138. The molecule has 0 spiro atoms. The number of carboxylic acids is 1. The van der Waals surface area contributed by atoms with Crippen LogP contribution in [-0.4, -0.2) is 36.8 Å². The van der Waals surface area contributed by atoms with Gasteiger partial charge in [-0.25, -0.2) is 18.1 Å². The number of aromatic nitrogens is 1. The monoisotopic (exact) mass is 642 g/mol. The maximum atomic E-state index is 12.8. The predicted molar refractivity (Wildman–Crippen MR) is 175 cm³/mol. The van der Waals surface area contributed by atoms with Crippen LogP contribution in [0.1, 0.15) is 48.8 Å². The molecule has 0 fully saturated rings. The number of pyridine rings is 1. The SMILES string of the molecule is CC(C)(CSC(CCNS(=O)(=O)c1ccc(Cl)cc1)c1cccc(/C=C/c2ccc3ccc(Cl)cc3n2)c1)CC(=O)O.